The van der Waals surface area contributed by atoms with Crippen molar-refractivity contribution in [3.05, 3.63) is 230 Å². The molecule has 5 nitrogen and oxygen atoms in total. The topological polar surface area (TPSA) is 59.4 Å². The largest absolute Gasteiger partial charge is 0.420 e. The van der Waals surface area contributed by atoms with E-state index in [0.717, 1.165) is 66.3 Å². The Morgan fingerprint density at radius 1 is 0.397 bits per heavy atom. The van der Waals surface area contributed by atoms with Crippen LogP contribution in [0.1, 0.15) is 11.1 Å². The number of hydrogen-bond acceptors (Lipinski definition) is 3. The maximum atomic E-state index is 16.9. The van der Waals surface area contributed by atoms with Gasteiger partial charge in [-0.1, -0.05) is 140 Å². The fourth-order valence-electron chi connectivity index (χ4n) is 9.82. The molecule has 0 bridgehead atoms. The number of rotatable bonds is 7. The van der Waals surface area contributed by atoms with Crippen LogP contribution in [0.15, 0.2) is 219 Å². The first-order valence-electron chi connectivity index (χ1n) is 22.2. The van der Waals surface area contributed by atoms with Crippen LogP contribution < -0.4 is 0 Å². The number of hydrogen-bond donors (Lipinski definition) is 0. The highest BCUT2D eigenvalue weighted by atomic mass is 19.4. The standard InChI is InChI=1S/C60H36F3N5/c61-60(62,63)58-55(67-53-20-9-7-18-47(53)49-24-22-41(35-56(49)67)43-28-30-65-51(33-43)39-13-3-1-4-14-39)27-26-46(45-17-11-12-38(32-45)37-64)59(58)68-54-21-10-8-19-48(54)50-25-23-42(36-57(50)68)44-29-31-66-52(34-44)40-15-5-2-6-16-40/h1-36H. The zero-order valence-corrected chi connectivity index (χ0v) is 36.2. The summed E-state index contributed by atoms with van der Waals surface area (Å²) in [5, 5.41) is 13.3. The predicted molar refractivity (Wildman–Crippen MR) is 268 cm³/mol. The fraction of sp³-hybridized carbons (Fsp3) is 0.0167. The lowest BCUT2D eigenvalue weighted by molar-refractivity contribution is -0.137. The van der Waals surface area contributed by atoms with Crippen LogP contribution >= 0.6 is 0 Å². The van der Waals surface area contributed by atoms with Crippen molar-refractivity contribution in [2.45, 2.75) is 6.18 Å². The second kappa shape index (κ2) is 16.1. The zero-order chi connectivity index (χ0) is 45.9. The zero-order valence-electron chi connectivity index (χ0n) is 36.2. The summed E-state index contributed by atoms with van der Waals surface area (Å²) in [6.07, 6.45) is -1.36. The third-order valence-corrected chi connectivity index (χ3v) is 12.9. The number of fused-ring (bicyclic) bond motifs is 6. The van der Waals surface area contributed by atoms with E-state index in [9.17, 15) is 5.26 Å². The van der Waals surface area contributed by atoms with Crippen LogP contribution in [0.3, 0.4) is 0 Å². The molecule has 0 aliphatic carbocycles. The summed E-state index contributed by atoms with van der Waals surface area (Å²) in [6.45, 7) is 0. The van der Waals surface area contributed by atoms with E-state index >= 15 is 13.2 Å². The maximum absolute atomic E-state index is 16.9. The highest BCUT2D eigenvalue weighted by molar-refractivity contribution is 6.12. The van der Waals surface area contributed by atoms with Gasteiger partial charge in [-0.25, -0.2) is 0 Å². The molecule has 0 spiro atoms. The van der Waals surface area contributed by atoms with E-state index in [1.54, 1.807) is 57.9 Å². The smallest absolute Gasteiger partial charge is 0.309 e. The van der Waals surface area contributed by atoms with Crippen LogP contribution in [-0.4, -0.2) is 19.1 Å². The fourth-order valence-corrected chi connectivity index (χ4v) is 9.82. The Hall–Kier alpha value is -9.06. The van der Waals surface area contributed by atoms with Crippen LogP contribution in [0.4, 0.5) is 13.2 Å². The predicted octanol–water partition coefficient (Wildman–Crippen LogP) is 15.9. The van der Waals surface area contributed by atoms with Gasteiger partial charge < -0.3 is 9.13 Å². The lowest BCUT2D eigenvalue weighted by atomic mass is 9.96. The second-order valence-electron chi connectivity index (χ2n) is 16.8. The summed E-state index contributed by atoms with van der Waals surface area (Å²) in [6, 6.07) is 67.2. The lowest BCUT2D eigenvalue weighted by Crippen LogP contribution is -2.17. The van der Waals surface area contributed by atoms with Crippen molar-refractivity contribution in [1.29, 1.82) is 5.26 Å². The van der Waals surface area contributed by atoms with E-state index in [1.165, 1.54) is 0 Å². The molecule has 12 rings (SSSR count). The van der Waals surface area contributed by atoms with Crippen molar-refractivity contribution in [2.75, 3.05) is 0 Å². The first-order chi connectivity index (χ1) is 33.3. The number of aromatic nitrogens is 4. The number of pyridine rings is 2. The third kappa shape index (κ3) is 6.79. The van der Waals surface area contributed by atoms with Crippen molar-refractivity contribution in [1.82, 2.24) is 19.1 Å². The number of nitriles is 1. The summed E-state index contributed by atoms with van der Waals surface area (Å²) >= 11 is 0. The molecular formula is C60H36F3N5. The van der Waals surface area contributed by atoms with Gasteiger partial charge in [0.2, 0.25) is 0 Å². The molecule has 0 aliphatic heterocycles. The molecule has 4 aromatic heterocycles. The Balaban J connectivity index is 1.17. The molecule has 0 saturated carbocycles. The summed E-state index contributed by atoms with van der Waals surface area (Å²) in [4.78, 5) is 9.30. The van der Waals surface area contributed by atoms with E-state index < -0.39 is 11.7 Å². The van der Waals surface area contributed by atoms with Gasteiger partial charge in [-0.3, -0.25) is 9.97 Å². The van der Waals surface area contributed by atoms with Crippen molar-refractivity contribution >= 4 is 43.6 Å². The first kappa shape index (κ1) is 40.4. The average Bonchev–Trinajstić information content (AvgIpc) is 3.90. The highest BCUT2D eigenvalue weighted by Crippen LogP contribution is 2.48. The van der Waals surface area contributed by atoms with Crippen molar-refractivity contribution < 1.29 is 13.2 Å². The molecule has 0 atom stereocenters. The van der Waals surface area contributed by atoms with Crippen molar-refractivity contribution in [3.63, 3.8) is 0 Å². The number of halogens is 3. The Morgan fingerprint density at radius 2 is 0.882 bits per heavy atom. The van der Waals surface area contributed by atoms with Crippen molar-refractivity contribution in [3.8, 4) is 73.3 Å². The van der Waals surface area contributed by atoms with Crippen molar-refractivity contribution in [2.24, 2.45) is 0 Å². The summed E-state index contributed by atoms with van der Waals surface area (Å²) in [5.74, 6) is 0. The monoisotopic (exact) mass is 883 g/mol. The van der Waals surface area contributed by atoms with E-state index in [0.29, 0.717) is 38.8 Å². The van der Waals surface area contributed by atoms with E-state index in [2.05, 4.69) is 16.0 Å². The van der Waals surface area contributed by atoms with Crippen LogP contribution in [-0.2, 0) is 6.18 Å². The average molecular weight is 884 g/mol. The third-order valence-electron chi connectivity index (χ3n) is 12.9. The molecule has 68 heavy (non-hydrogen) atoms. The number of nitrogens with zero attached hydrogens (tertiary/aromatic N) is 5. The molecule has 0 aliphatic rings. The van der Waals surface area contributed by atoms with Gasteiger partial charge in [0.1, 0.15) is 5.56 Å². The lowest BCUT2D eigenvalue weighted by Gasteiger charge is -2.24. The van der Waals surface area contributed by atoms with Gasteiger partial charge in [0.25, 0.3) is 0 Å². The van der Waals surface area contributed by atoms with Crippen LogP contribution in [0.25, 0.3) is 111 Å². The van der Waals surface area contributed by atoms with E-state index in [1.807, 2.05) is 170 Å². The first-order valence-corrected chi connectivity index (χ1v) is 22.2. The maximum Gasteiger partial charge on any atom is 0.420 e. The number of para-hydroxylation sites is 2. The van der Waals surface area contributed by atoms with Gasteiger partial charge in [-0.05, 0) is 94.5 Å². The summed E-state index contributed by atoms with van der Waals surface area (Å²) in [5.41, 5.74) is 9.61. The summed E-state index contributed by atoms with van der Waals surface area (Å²) < 4.78 is 54.4. The Kier molecular flexibility index (Phi) is 9.59. The molecule has 12 aromatic rings. The minimum absolute atomic E-state index is 0.0283. The van der Waals surface area contributed by atoms with Gasteiger partial charge in [-0.15, -0.1) is 0 Å². The van der Waals surface area contributed by atoms with Gasteiger partial charge in [0.05, 0.1) is 56.5 Å². The van der Waals surface area contributed by atoms with Gasteiger partial charge in [0.15, 0.2) is 0 Å². The minimum Gasteiger partial charge on any atom is -0.309 e. The molecule has 4 heterocycles. The van der Waals surface area contributed by atoms with E-state index in [4.69, 9.17) is 0 Å². The molecule has 0 unspecified atom stereocenters. The van der Waals surface area contributed by atoms with E-state index in [-0.39, 0.29) is 11.4 Å². The Bertz CT molecular complexity index is 3970. The summed E-state index contributed by atoms with van der Waals surface area (Å²) in [7, 11) is 0. The molecule has 0 saturated heterocycles. The molecule has 0 fully saturated rings. The number of alkyl halides is 3. The van der Waals surface area contributed by atoms with Crippen LogP contribution in [0.2, 0.25) is 0 Å². The SMILES string of the molecule is N#Cc1cccc(-c2ccc(-n3c4ccccc4c4ccc(-c5ccnc(-c6ccccc6)c5)cc43)c(C(F)(F)F)c2-n2c3ccccc3c3ccc(-c4ccnc(-c5ccccc5)c4)cc32)c1. The minimum atomic E-state index is -4.89. The van der Waals surface area contributed by atoms with Crippen LogP contribution in [0, 0.1) is 11.3 Å². The highest BCUT2D eigenvalue weighted by Gasteiger charge is 2.40. The molecule has 8 aromatic carbocycles. The normalized spacial score (nSPS) is 11.7. The molecule has 0 radical (unpaired) electrons. The van der Waals surface area contributed by atoms with Gasteiger partial charge in [0, 0.05) is 50.6 Å². The molecule has 0 amide bonds. The van der Waals surface area contributed by atoms with Gasteiger partial charge >= 0.3 is 6.18 Å². The Morgan fingerprint density at radius 3 is 1.44 bits per heavy atom. The van der Waals surface area contributed by atoms with Gasteiger partial charge in [-0.2, -0.15) is 18.4 Å². The molecule has 322 valence electrons. The Labute approximate surface area is 388 Å². The molecule has 8 heteroatoms. The molecule has 0 N–H and O–H groups in total. The molecular weight excluding hydrogens is 848 g/mol. The second-order valence-corrected chi connectivity index (χ2v) is 16.8. The number of benzene rings is 8. The quantitative estimate of drug-likeness (QED) is 0.160. The van der Waals surface area contributed by atoms with Crippen LogP contribution in [0.5, 0.6) is 0 Å².